The van der Waals surface area contributed by atoms with Gasteiger partial charge in [-0.05, 0) is 59.6 Å². The van der Waals surface area contributed by atoms with Crippen molar-refractivity contribution in [2.24, 2.45) is 5.92 Å². The van der Waals surface area contributed by atoms with Crippen molar-refractivity contribution >= 4 is 22.8 Å². The molecule has 2 bridgehead atoms. The van der Waals surface area contributed by atoms with Gasteiger partial charge in [0.2, 0.25) is 0 Å². The fourth-order valence-electron chi connectivity index (χ4n) is 5.33. The van der Waals surface area contributed by atoms with Crippen LogP contribution in [0, 0.1) is 11.3 Å². The average Bonchev–Trinajstić information content (AvgIpc) is 3.23. The molecule has 2 heterocycles. The lowest BCUT2D eigenvalue weighted by Crippen LogP contribution is -2.59. The summed E-state index contributed by atoms with van der Waals surface area (Å²) in [6, 6.07) is 11.7. The van der Waals surface area contributed by atoms with E-state index in [1.807, 2.05) is 46.8 Å². The minimum Gasteiger partial charge on any atom is -0.345 e. The van der Waals surface area contributed by atoms with Crippen molar-refractivity contribution in [2.75, 3.05) is 6.54 Å². The number of H-pyrrole nitrogens is 1. The van der Waals surface area contributed by atoms with E-state index in [4.69, 9.17) is 10.6 Å². The second-order valence-electron chi connectivity index (χ2n) is 8.72. The van der Waals surface area contributed by atoms with Crippen molar-refractivity contribution in [3.8, 4) is 0 Å². The van der Waals surface area contributed by atoms with Crippen molar-refractivity contribution in [1.82, 2.24) is 20.3 Å². The molecular weight excluding hydrogens is 378 g/mol. The standard InChI is InChI=1S/C23H25N5O2/c1-13-20-11-14-3-4-15(21(24)27-30)9-17(14)23(13,2)7-8-28(20)22(29)16-5-6-18-19(10-16)26-12-25-18/h3-6,9-10,12-13,20,30H,7-8,11H2,1-2H3,(H2,24,27)(H,25,26)/t13-,20-,23-/m1/s1. The molecule has 4 N–H and O–H groups in total. The molecule has 154 valence electrons. The van der Waals surface area contributed by atoms with Crippen molar-refractivity contribution in [1.29, 1.82) is 5.41 Å². The first-order valence-corrected chi connectivity index (χ1v) is 10.3. The zero-order valence-corrected chi connectivity index (χ0v) is 17.1. The molecule has 3 aromatic rings. The molecule has 3 atom stereocenters. The maximum atomic E-state index is 13.4. The molecule has 0 radical (unpaired) electrons. The molecule has 2 aromatic carbocycles. The maximum Gasteiger partial charge on any atom is 0.254 e. The summed E-state index contributed by atoms with van der Waals surface area (Å²) in [4.78, 5) is 22.8. The Labute approximate surface area is 174 Å². The van der Waals surface area contributed by atoms with Crippen molar-refractivity contribution in [2.45, 2.75) is 38.1 Å². The number of hydroxylamine groups is 1. The highest BCUT2D eigenvalue weighted by molar-refractivity contribution is 5.98. The van der Waals surface area contributed by atoms with Gasteiger partial charge in [0, 0.05) is 23.7 Å². The molecule has 1 saturated heterocycles. The predicted octanol–water partition coefficient (Wildman–Crippen LogP) is 3.23. The van der Waals surface area contributed by atoms with Gasteiger partial charge in [0.1, 0.15) is 5.84 Å². The zero-order valence-electron chi connectivity index (χ0n) is 17.1. The first-order valence-electron chi connectivity index (χ1n) is 10.3. The average molecular weight is 403 g/mol. The zero-order chi connectivity index (χ0) is 21.0. The number of fused-ring (bicyclic) bond motifs is 5. The summed E-state index contributed by atoms with van der Waals surface area (Å²) in [5.74, 6) is 0.347. The minimum absolute atomic E-state index is 0.00186. The molecule has 1 aromatic heterocycles. The SMILES string of the molecule is C[C@@H]1[C@H]2Cc3ccc(C(=N)NO)cc3[C@]1(C)CCN2C(=O)c1ccc2nc[nH]c2c1. The van der Waals surface area contributed by atoms with E-state index in [9.17, 15) is 4.79 Å². The smallest absolute Gasteiger partial charge is 0.254 e. The van der Waals surface area contributed by atoms with Gasteiger partial charge in [-0.25, -0.2) is 4.98 Å². The van der Waals surface area contributed by atoms with Crippen LogP contribution in [0.15, 0.2) is 42.7 Å². The Kier molecular flexibility index (Phi) is 4.18. The topological polar surface area (TPSA) is 105 Å². The summed E-state index contributed by atoms with van der Waals surface area (Å²) >= 11 is 0. The summed E-state index contributed by atoms with van der Waals surface area (Å²) in [5.41, 5.74) is 7.41. The van der Waals surface area contributed by atoms with Crippen LogP contribution >= 0.6 is 0 Å². The highest BCUT2D eigenvalue weighted by Gasteiger charge is 2.49. The number of amidine groups is 1. The number of nitrogens with one attached hydrogen (secondary N) is 3. The van der Waals surface area contributed by atoms with E-state index in [0.717, 1.165) is 23.9 Å². The summed E-state index contributed by atoms with van der Waals surface area (Å²) in [6.45, 7) is 5.19. The molecule has 0 unspecified atom stereocenters. The third-order valence-electron chi connectivity index (χ3n) is 7.34. The highest BCUT2D eigenvalue weighted by Crippen LogP contribution is 2.49. The number of amides is 1. The Balaban J connectivity index is 1.50. The van der Waals surface area contributed by atoms with Crippen LogP contribution in [0.1, 0.15) is 47.3 Å². The number of likely N-dealkylation sites (tertiary alicyclic amines) is 1. The van der Waals surface area contributed by atoms with Gasteiger partial charge in [-0.3, -0.25) is 20.9 Å². The molecule has 7 nitrogen and oxygen atoms in total. The van der Waals surface area contributed by atoms with E-state index in [2.05, 4.69) is 23.8 Å². The number of hydrogen-bond acceptors (Lipinski definition) is 4. The molecule has 7 heteroatoms. The largest absolute Gasteiger partial charge is 0.345 e. The van der Waals surface area contributed by atoms with Crippen LogP contribution < -0.4 is 5.48 Å². The molecule has 2 aliphatic rings. The fraction of sp³-hybridized carbons (Fsp3) is 0.348. The van der Waals surface area contributed by atoms with Gasteiger partial charge in [0.25, 0.3) is 5.91 Å². The second kappa shape index (κ2) is 6.67. The number of hydrogen-bond donors (Lipinski definition) is 4. The first-order chi connectivity index (χ1) is 14.4. The highest BCUT2D eigenvalue weighted by atomic mass is 16.5. The second-order valence-corrected chi connectivity index (χ2v) is 8.72. The van der Waals surface area contributed by atoms with Crippen LogP contribution in [0.3, 0.4) is 0 Å². The molecule has 1 fully saturated rings. The van der Waals surface area contributed by atoms with E-state index >= 15 is 0 Å². The lowest BCUT2D eigenvalue weighted by Gasteiger charge is -2.54. The Morgan fingerprint density at radius 2 is 2.10 bits per heavy atom. The number of carbonyl (C=O) groups excluding carboxylic acids is 1. The number of imidazole rings is 1. The van der Waals surface area contributed by atoms with Crippen LogP contribution in [-0.2, 0) is 11.8 Å². The first kappa shape index (κ1) is 18.8. The predicted molar refractivity (Wildman–Crippen MR) is 114 cm³/mol. The summed E-state index contributed by atoms with van der Waals surface area (Å²) < 4.78 is 0. The third kappa shape index (κ3) is 2.65. The van der Waals surface area contributed by atoms with Gasteiger partial charge in [-0.1, -0.05) is 26.0 Å². The Bertz CT molecular complexity index is 1170. The number of carbonyl (C=O) groups is 1. The van der Waals surface area contributed by atoms with Gasteiger partial charge < -0.3 is 9.88 Å². The number of benzene rings is 2. The molecular formula is C23H25N5O2. The lowest BCUT2D eigenvalue weighted by molar-refractivity contribution is 0.0250. The number of rotatable bonds is 2. The summed E-state index contributed by atoms with van der Waals surface area (Å²) in [7, 11) is 0. The van der Waals surface area contributed by atoms with Gasteiger partial charge in [0.05, 0.1) is 17.4 Å². The fourth-order valence-corrected chi connectivity index (χ4v) is 5.33. The van der Waals surface area contributed by atoms with Gasteiger partial charge in [-0.2, -0.15) is 0 Å². The van der Waals surface area contributed by atoms with Crippen molar-refractivity contribution in [3.05, 3.63) is 65.0 Å². The van der Waals surface area contributed by atoms with Crippen LogP contribution in [0.4, 0.5) is 0 Å². The van der Waals surface area contributed by atoms with Crippen LogP contribution in [0.25, 0.3) is 11.0 Å². The van der Waals surface area contributed by atoms with Crippen LogP contribution in [-0.4, -0.2) is 44.4 Å². The molecule has 30 heavy (non-hydrogen) atoms. The van der Waals surface area contributed by atoms with E-state index in [1.54, 1.807) is 6.33 Å². The molecule has 1 amide bonds. The quantitative estimate of drug-likeness (QED) is 0.299. The van der Waals surface area contributed by atoms with Crippen molar-refractivity contribution < 1.29 is 10.0 Å². The summed E-state index contributed by atoms with van der Waals surface area (Å²) in [6.07, 6.45) is 3.30. The van der Waals surface area contributed by atoms with E-state index < -0.39 is 0 Å². The normalized spacial score (nSPS) is 25.1. The minimum atomic E-state index is -0.0753. The maximum absolute atomic E-state index is 13.4. The third-order valence-corrected chi connectivity index (χ3v) is 7.34. The van der Waals surface area contributed by atoms with Gasteiger partial charge in [0.15, 0.2) is 0 Å². The van der Waals surface area contributed by atoms with Crippen LogP contribution in [0.5, 0.6) is 0 Å². The molecule has 1 aliphatic carbocycles. The van der Waals surface area contributed by atoms with Gasteiger partial charge >= 0.3 is 0 Å². The molecule has 0 spiro atoms. The Morgan fingerprint density at radius 3 is 2.90 bits per heavy atom. The number of aromatic nitrogens is 2. The van der Waals surface area contributed by atoms with Gasteiger partial charge in [-0.15, -0.1) is 0 Å². The van der Waals surface area contributed by atoms with E-state index in [-0.39, 0.29) is 29.1 Å². The lowest BCUT2D eigenvalue weighted by atomic mass is 9.58. The monoisotopic (exact) mass is 403 g/mol. The van der Waals surface area contributed by atoms with E-state index in [0.29, 0.717) is 17.7 Å². The molecule has 1 aliphatic heterocycles. The Hall–Kier alpha value is -3.19. The van der Waals surface area contributed by atoms with Crippen molar-refractivity contribution in [3.63, 3.8) is 0 Å². The van der Waals surface area contributed by atoms with E-state index in [1.165, 1.54) is 11.1 Å². The number of aromatic amines is 1. The summed E-state index contributed by atoms with van der Waals surface area (Å²) in [5, 5.41) is 17.0. The Morgan fingerprint density at radius 1 is 1.30 bits per heavy atom. The molecule has 5 rings (SSSR count). The number of piperidine rings is 1. The van der Waals surface area contributed by atoms with Crippen LogP contribution in [0.2, 0.25) is 0 Å². The molecule has 0 saturated carbocycles. The number of nitrogens with zero attached hydrogens (tertiary/aromatic N) is 2.